The van der Waals surface area contributed by atoms with Gasteiger partial charge in [0.15, 0.2) is 0 Å². The summed E-state index contributed by atoms with van der Waals surface area (Å²) < 4.78 is 18.7. The highest BCUT2D eigenvalue weighted by atomic mass is 19.1. The minimum Gasteiger partial charge on any atom is -0.490 e. The number of amides is 1. The number of benzene rings is 1. The summed E-state index contributed by atoms with van der Waals surface area (Å²) in [6.07, 6.45) is 3.69. The zero-order valence-electron chi connectivity index (χ0n) is 12.8. The van der Waals surface area contributed by atoms with E-state index in [0.29, 0.717) is 11.7 Å². The van der Waals surface area contributed by atoms with E-state index in [0.717, 1.165) is 51.9 Å². The molecule has 0 aromatic heterocycles. The Morgan fingerprint density at radius 2 is 1.73 bits per heavy atom. The lowest BCUT2D eigenvalue weighted by Gasteiger charge is -2.35. The number of piperidine rings is 2. The first kappa shape index (κ1) is 15.3. The second-order valence-corrected chi connectivity index (χ2v) is 6.12. The van der Waals surface area contributed by atoms with Crippen LogP contribution in [0.3, 0.4) is 0 Å². The van der Waals surface area contributed by atoms with Gasteiger partial charge in [0.2, 0.25) is 5.91 Å². The molecular formula is C17H23FN2O2. The Morgan fingerprint density at radius 1 is 1.09 bits per heavy atom. The molecule has 1 aromatic carbocycles. The first-order valence-corrected chi connectivity index (χ1v) is 8.14. The molecule has 1 N–H and O–H groups in total. The van der Waals surface area contributed by atoms with Crippen LogP contribution in [0.25, 0.3) is 0 Å². The van der Waals surface area contributed by atoms with Gasteiger partial charge in [0.1, 0.15) is 17.7 Å². The minimum atomic E-state index is -0.255. The summed E-state index contributed by atoms with van der Waals surface area (Å²) in [5.74, 6) is 0.941. The van der Waals surface area contributed by atoms with Crippen LogP contribution in [0.5, 0.6) is 5.75 Å². The molecule has 120 valence electrons. The Balaban J connectivity index is 1.47. The second kappa shape index (κ2) is 7.09. The van der Waals surface area contributed by atoms with E-state index in [1.54, 1.807) is 12.1 Å². The molecule has 0 saturated carbocycles. The van der Waals surface area contributed by atoms with Crippen molar-refractivity contribution in [1.29, 1.82) is 0 Å². The van der Waals surface area contributed by atoms with Gasteiger partial charge in [-0.25, -0.2) is 4.39 Å². The normalized spacial score (nSPS) is 20.9. The van der Waals surface area contributed by atoms with Gasteiger partial charge in [-0.3, -0.25) is 4.79 Å². The van der Waals surface area contributed by atoms with E-state index >= 15 is 0 Å². The largest absolute Gasteiger partial charge is 0.490 e. The molecule has 5 heteroatoms. The van der Waals surface area contributed by atoms with Crippen LogP contribution in [0.15, 0.2) is 24.3 Å². The number of halogens is 1. The zero-order valence-corrected chi connectivity index (χ0v) is 12.8. The van der Waals surface area contributed by atoms with Gasteiger partial charge in [-0.05, 0) is 50.2 Å². The van der Waals surface area contributed by atoms with Crippen molar-refractivity contribution < 1.29 is 13.9 Å². The molecule has 1 aromatic rings. The van der Waals surface area contributed by atoms with Crippen molar-refractivity contribution in [2.45, 2.75) is 31.8 Å². The van der Waals surface area contributed by atoms with Crippen molar-refractivity contribution in [3.63, 3.8) is 0 Å². The number of nitrogens with zero attached hydrogens (tertiary/aromatic N) is 1. The summed E-state index contributed by atoms with van der Waals surface area (Å²) in [4.78, 5) is 14.5. The Kier molecular flexibility index (Phi) is 4.93. The highest BCUT2D eigenvalue weighted by Crippen LogP contribution is 2.22. The molecule has 2 aliphatic heterocycles. The summed E-state index contributed by atoms with van der Waals surface area (Å²) in [6.45, 7) is 3.41. The van der Waals surface area contributed by atoms with Crippen molar-refractivity contribution in [3.05, 3.63) is 30.1 Å². The van der Waals surface area contributed by atoms with Gasteiger partial charge < -0.3 is 15.0 Å². The predicted molar refractivity (Wildman–Crippen MR) is 82.2 cm³/mol. The molecule has 2 aliphatic rings. The molecule has 2 heterocycles. The molecule has 4 nitrogen and oxygen atoms in total. The fourth-order valence-corrected chi connectivity index (χ4v) is 3.23. The Labute approximate surface area is 130 Å². The van der Waals surface area contributed by atoms with Crippen LogP contribution in [0, 0.1) is 11.7 Å². The summed E-state index contributed by atoms with van der Waals surface area (Å²) in [5.41, 5.74) is 0. The van der Waals surface area contributed by atoms with Crippen LogP contribution in [0.1, 0.15) is 25.7 Å². The first-order valence-electron chi connectivity index (χ1n) is 8.14. The van der Waals surface area contributed by atoms with E-state index in [2.05, 4.69) is 5.32 Å². The predicted octanol–water partition coefficient (Wildman–Crippen LogP) is 2.20. The molecule has 1 amide bonds. The molecule has 0 bridgehead atoms. The molecule has 22 heavy (non-hydrogen) atoms. The van der Waals surface area contributed by atoms with E-state index in [4.69, 9.17) is 4.74 Å². The topological polar surface area (TPSA) is 41.6 Å². The highest BCUT2D eigenvalue weighted by molar-refractivity contribution is 5.79. The van der Waals surface area contributed by atoms with Crippen LogP contribution in [-0.4, -0.2) is 43.1 Å². The van der Waals surface area contributed by atoms with Crippen LogP contribution in [0.4, 0.5) is 4.39 Å². The first-order chi connectivity index (χ1) is 10.7. The average molecular weight is 306 g/mol. The smallest absolute Gasteiger partial charge is 0.225 e. The van der Waals surface area contributed by atoms with Crippen molar-refractivity contribution in [2.75, 3.05) is 26.2 Å². The second-order valence-electron chi connectivity index (χ2n) is 6.12. The van der Waals surface area contributed by atoms with Crippen molar-refractivity contribution >= 4 is 5.91 Å². The van der Waals surface area contributed by atoms with E-state index in [-0.39, 0.29) is 17.8 Å². The van der Waals surface area contributed by atoms with Crippen LogP contribution in [-0.2, 0) is 4.79 Å². The number of nitrogens with one attached hydrogen (secondary N) is 1. The summed E-state index contributed by atoms with van der Waals surface area (Å²) in [7, 11) is 0. The third-order valence-electron chi connectivity index (χ3n) is 4.56. The molecular weight excluding hydrogens is 283 g/mol. The molecule has 2 saturated heterocycles. The average Bonchev–Trinajstić information content (AvgIpc) is 2.58. The van der Waals surface area contributed by atoms with Crippen molar-refractivity contribution in [1.82, 2.24) is 10.2 Å². The lowest BCUT2D eigenvalue weighted by atomic mass is 9.95. The van der Waals surface area contributed by atoms with Gasteiger partial charge in [-0.1, -0.05) is 0 Å². The van der Waals surface area contributed by atoms with E-state index in [1.165, 1.54) is 12.1 Å². The lowest BCUT2D eigenvalue weighted by Crippen LogP contribution is -2.46. The Bertz CT molecular complexity index is 492. The minimum absolute atomic E-state index is 0.113. The highest BCUT2D eigenvalue weighted by Gasteiger charge is 2.29. The summed E-state index contributed by atoms with van der Waals surface area (Å²) >= 11 is 0. The molecule has 0 atom stereocenters. The molecule has 3 rings (SSSR count). The van der Waals surface area contributed by atoms with Gasteiger partial charge in [0.25, 0.3) is 0 Å². The third-order valence-corrected chi connectivity index (χ3v) is 4.56. The Morgan fingerprint density at radius 3 is 2.36 bits per heavy atom. The van der Waals surface area contributed by atoms with E-state index in [9.17, 15) is 9.18 Å². The molecule has 2 fully saturated rings. The van der Waals surface area contributed by atoms with Crippen molar-refractivity contribution in [2.24, 2.45) is 5.92 Å². The molecule has 0 aliphatic carbocycles. The van der Waals surface area contributed by atoms with Crippen molar-refractivity contribution in [3.8, 4) is 5.75 Å². The zero-order chi connectivity index (χ0) is 15.4. The monoisotopic (exact) mass is 306 g/mol. The van der Waals surface area contributed by atoms with Gasteiger partial charge >= 0.3 is 0 Å². The molecule has 0 radical (unpaired) electrons. The lowest BCUT2D eigenvalue weighted by molar-refractivity contribution is -0.138. The number of hydrogen-bond acceptors (Lipinski definition) is 3. The quantitative estimate of drug-likeness (QED) is 0.931. The number of hydrogen-bond donors (Lipinski definition) is 1. The maximum absolute atomic E-state index is 12.9. The summed E-state index contributed by atoms with van der Waals surface area (Å²) in [6, 6.07) is 6.12. The number of likely N-dealkylation sites (tertiary alicyclic amines) is 1. The number of carbonyl (C=O) groups is 1. The standard InChI is InChI=1S/C17H23FN2O2/c18-14-1-3-15(4-2-14)22-16-7-11-20(12-8-16)17(21)13-5-9-19-10-6-13/h1-4,13,16,19H,5-12H2. The maximum atomic E-state index is 12.9. The van der Waals surface area contributed by atoms with Gasteiger partial charge in [-0.15, -0.1) is 0 Å². The number of carbonyl (C=O) groups excluding carboxylic acids is 1. The maximum Gasteiger partial charge on any atom is 0.225 e. The van der Waals surface area contributed by atoms with Crippen LogP contribution >= 0.6 is 0 Å². The van der Waals surface area contributed by atoms with E-state index < -0.39 is 0 Å². The van der Waals surface area contributed by atoms with Crippen LogP contribution < -0.4 is 10.1 Å². The van der Waals surface area contributed by atoms with E-state index in [1.807, 2.05) is 4.90 Å². The Hall–Kier alpha value is -1.62. The number of ether oxygens (including phenoxy) is 1. The third kappa shape index (κ3) is 3.77. The fraction of sp³-hybridized carbons (Fsp3) is 0.588. The molecule has 0 spiro atoms. The number of rotatable bonds is 3. The summed E-state index contributed by atoms with van der Waals surface area (Å²) in [5, 5.41) is 3.29. The fourth-order valence-electron chi connectivity index (χ4n) is 3.23. The van der Waals surface area contributed by atoms with Gasteiger partial charge in [-0.2, -0.15) is 0 Å². The van der Waals surface area contributed by atoms with Gasteiger partial charge in [0, 0.05) is 31.8 Å². The van der Waals surface area contributed by atoms with Gasteiger partial charge in [0.05, 0.1) is 0 Å². The van der Waals surface area contributed by atoms with Crippen LogP contribution in [0.2, 0.25) is 0 Å². The molecule has 0 unspecified atom stereocenters. The SMILES string of the molecule is O=C(C1CCNCC1)N1CCC(Oc2ccc(F)cc2)CC1.